The third-order valence-corrected chi connectivity index (χ3v) is 4.37. The van der Waals surface area contributed by atoms with Gasteiger partial charge in [0.2, 0.25) is 0 Å². The lowest BCUT2D eigenvalue weighted by Crippen LogP contribution is -2.53. The van der Waals surface area contributed by atoms with Crippen molar-refractivity contribution in [2.24, 2.45) is 5.73 Å². The van der Waals surface area contributed by atoms with Gasteiger partial charge in [-0.05, 0) is 43.5 Å². The number of nitrogens with two attached hydrogens (primary N) is 1. The van der Waals surface area contributed by atoms with Gasteiger partial charge in [0, 0.05) is 18.6 Å². The maximum Gasteiger partial charge on any atom is 0.119 e. The van der Waals surface area contributed by atoms with E-state index in [0.29, 0.717) is 6.54 Å². The molecule has 0 aromatic heterocycles. The van der Waals surface area contributed by atoms with Crippen molar-refractivity contribution in [2.75, 3.05) is 20.2 Å². The van der Waals surface area contributed by atoms with E-state index in [9.17, 15) is 0 Å². The van der Waals surface area contributed by atoms with E-state index in [1.165, 1.54) is 5.56 Å². The lowest BCUT2D eigenvalue weighted by Gasteiger charge is -2.42. The summed E-state index contributed by atoms with van der Waals surface area (Å²) in [6.07, 6.45) is 3.32. The Morgan fingerprint density at radius 2 is 1.90 bits per heavy atom. The van der Waals surface area contributed by atoms with E-state index in [0.717, 1.165) is 38.1 Å². The van der Waals surface area contributed by atoms with E-state index in [2.05, 4.69) is 43.9 Å². The van der Waals surface area contributed by atoms with Crippen LogP contribution >= 0.6 is 0 Å². The molecule has 0 atom stereocenters. The average molecular weight is 278 g/mol. The second kappa shape index (κ2) is 8.28. The van der Waals surface area contributed by atoms with Gasteiger partial charge >= 0.3 is 0 Å². The minimum absolute atomic E-state index is 0.110. The minimum Gasteiger partial charge on any atom is -0.497 e. The van der Waals surface area contributed by atoms with Crippen LogP contribution in [0.25, 0.3) is 0 Å². The van der Waals surface area contributed by atoms with E-state index >= 15 is 0 Å². The van der Waals surface area contributed by atoms with Crippen LogP contribution in [0.1, 0.15) is 45.6 Å². The smallest absolute Gasteiger partial charge is 0.119 e. The SMILES string of the molecule is CCCN(Cc1cccc(OC)c1)C(CC)(CC)CN. The summed E-state index contributed by atoms with van der Waals surface area (Å²) in [6, 6.07) is 8.33. The van der Waals surface area contributed by atoms with Crippen molar-refractivity contribution in [3.63, 3.8) is 0 Å². The van der Waals surface area contributed by atoms with Gasteiger partial charge in [0.25, 0.3) is 0 Å². The van der Waals surface area contributed by atoms with Crippen LogP contribution in [-0.4, -0.2) is 30.6 Å². The molecule has 0 aliphatic carbocycles. The molecule has 0 radical (unpaired) electrons. The van der Waals surface area contributed by atoms with E-state index in [1.807, 2.05) is 6.07 Å². The van der Waals surface area contributed by atoms with Gasteiger partial charge in [-0.15, -0.1) is 0 Å². The molecule has 0 spiro atoms. The Hall–Kier alpha value is -1.06. The molecule has 114 valence electrons. The van der Waals surface area contributed by atoms with Gasteiger partial charge in [-0.2, -0.15) is 0 Å². The molecule has 3 nitrogen and oxygen atoms in total. The highest BCUT2D eigenvalue weighted by Gasteiger charge is 2.31. The van der Waals surface area contributed by atoms with Crippen LogP contribution in [-0.2, 0) is 6.54 Å². The van der Waals surface area contributed by atoms with Crippen LogP contribution in [0.15, 0.2) is 24.3 Å². The Morgan fingerprint density at radius 3 is 2.40 bits per heavy atom. The average Bonchev–Trinajstić information content (AvgIpc) is 2.50. The highest BCUT2D eigenvalue weighted by Crippen LogP contribution is 2.26. The molecule has 0 saturated heterocycles. The monoisotopic (exact) mass is 278 g/mol. The quantitative estimate of drug-likeness (QED) is 0.752. The number of hydrogen-bond acceptors (Lipinski definition) is 3. The summed E-state index contributed by atoms with van der Waals surface area (Å²) in [6.45, 7) is 9.43. The molecule has 1 aromatic carbocycles. The topological polar surface area (TPSA) is 38.5 Å². The molecule has 2 N–H and O–H groups in total. The summed E-state index contributed by atoms with van der Waals surface area (Å²) >= 11 is 0. The van der Waals surface area contributed by atoms with Crippen molar-refractivity contribution in [3.05, 3.63) is 29.8 Å². The molecule has 0 fully saturated rings. The number of ether oxygens (including phenoxy) is 1. The van der Waals surface area contributed by atoms with Crippen LogP contribution in [0.3, 0.4) is 0 Å². The van der Waals surface area contributed by atoms with Gasteiger partial charge in [0.15, 0.2) is 0 Å². The van der Waals surface area contributed by atoms with Gasteiger partial charge in [0.1, 0.15) is 5.75 Å². The molecule has 0 saturated carbocycles. The van der Waals surface area contributed by atoms with E-state index in [1.54, 1.807) is 7.11 Å². The number of nitrogens with zero attached hydrogens (tertiary/aromatic N) is 1. The predicted octanol–water partition coefficient (Wildman–Crippen LogP) is 3.42. The Balaban J connectivity index is 2.95. The Labute approximate surface area is 124 Å². The molecular formula is C17H30N2O. The largest absolute Gasteiger partial charge is 0.497 e. The van der Waals surface area contributed by atoms with Crippen molar-refractivity contribution in [1.82, 2.24) is 4.90 Å². The van der Waals surface area contributed by atoms with Crippen LogP contribution in [0, 0.1) is 0 Å². The molecule has 1 aromatic rings. The Kier molecular flexibility index (Phi) is 7.03. The number of rotatable bonds is 9. The zero-order valence-corrected chi connectivity index (χ0v) is 13.5. The fraction of sp³-hybridized carbons (Fsp3) is 0.647. The third kappa shape index (κ3) is 3.97. The highest BCUT2D eigenvalue weighted by atomic mass is 16.5. The van der Waals surface area contributed by atoms with Crippen molar-refractivity contribution in [1.29, 1.82) is 0 Å². The summed E-state index contributed by atoms with van der Waals surface area (Å²) in [5.74, 6) is 0.922. The van der Waals surface area contributed by atoms with Crippen LogP contribution < -0.4 is 10.5 Å². The molecule has 0 bridgehead atoms. The molecular weight excluding hydrogens is 248 g/mol. The van der Waals surface area contributed by atoms with Crippen molar-refractivity contribution < 1.29 is 4.74 Å². The normalized spacial score (nSPS) is 11.9. The maximum atomic E-state index is 6.10. The molecule has 0 amide bonds. The first-order valence-electron chi connectivity index (χ1n) is 7.73. The van der Waals surface area contributed by atoms with Gasteiger partial charge < -0.3 is 10.5 Å². The molecule has 0 unspecified atom stereocenters. The molecule has 0 heterocycles. The van der Waals surface area contributed by atoms with Gasteiger partial charge in [-0.1, -0.05) is 32.9 Å². The van der Waals surface area contributed by atoms with Gasteiger partial charge in [-0.25, -0.2) is 0 Å². The first kappa shape index (κ1) is 17.0. The number of hydrogen-bond donors (Lipinski definition) is 1. The van der Waals surface area contributed by atoms with E-state index in [4.69, 9.17) is 10.5 Å². The number of benzene rings is 1. The Morgan fingerprint density at radius 1 is 1.20 bits per heavy atom. The van der Waals surface area contributed by atoms with E-state index < -0.39 is 0 Å². The molecule has 0 aliphatic rings. The summed E-state index contributed by atoms with van der Waals surface area (Å²) < 4.78 is 5.32. The zero-order valence-electron chi connectivity index (χ0n) is 13.5. The Bertz CT molecular complexity index is 380. The second-order valence-corrected chi connectivity index (χ2v) is 5.41. The molecule has 0 aliphatic heterocycles. The van der Waals surface area contributed by atoms with Crippen molar-refractivity contribution in [2.45, 2.75) is 52.1 Å². The molecule has 1 rings (SSSR count). The van der Waals surface area contributed by atoms with Crippen molar-refractivity contribution in [3.8, 4) is 5.75 Å². The van der Waals surface area contributed by atoms with Crippen LogP contribution in [0.4, 0.5) is 0 Å². The third-order valence-electron chi connectivity index (χ3n) is 4.37. The fourth-order valence-corrected chi connectivity index (χ4v) is 2.86. The van der Waals surface area contributed by atoms with E-state index in [-0.39, 0.29) is 5.54 Å². The van der Waals surface area contributed by atoms with Crippen LogP contribution in [0.2, 0.25) is 0 Å². The first-order valence-corrected chi connectivity index (χ1v) is 7.73. The second-order valence-electron chi connectivity index (χ2n) is 5.41. The fourth-order valence-electron chi connectivity index (χ4n) is 2.86. The molecule has 3 heteroatoms. The zero-order chi connectivity index (χ0) is 15.0. The summed E-state index contributed by atoms with van der Waals surface area (Å²) in [7, 11) is 1.71. The lowest BCUT2D eigenvalue weighted by atomic mass is 9.89. The molecule has 20 heavy (non-hydrogen) atoms. The standard InChI is InChI=1S/C17H30N2O/c1-5-11-19(17(6-2,7-3)14-18)13-15-9-8-10-16(12-15)20-4/h8-10,12H,5-7,11,13-14,18H2,1-4H3. The number of methoxy groups -OCH3 is 1. The summed E-state index contributed by atoms with van der Waals surface area (Å²) in [4.78, 5) is 2.54. The maximum absolute atomic E-state index is 6.10. The summed E-state index contributed by atoms with van der Waals surface area (Å²) in [5.41, 5.74) is 7.50. The highest BCUT2D eigenvalue weighted by molar-refractivity contribution is 5.28. The van der Waals surface area contributed by atoms with Crippen molar-refractivity contribution >= 4 is 0 Å². The van der Waals surface area contributed by atoms with Gasteiger partial charge in [0.05, 0.1) is 7.11 Å². The lowest BCUT2D eigenvalue weighted by molar-refractivity contribution is 0.0765. The van der Waals surface area contributed by atoms with Gasteiger partial charge in [-0.3, -0.25) is 4.90 Å². The predicted molar refractivity (Wildman–Crippen MR) is 86.1 cm³/mol. The summed E-state index contributed by atoms with van der Waals surface area (Å²) in [5, 5.41) is 0. The van der Waals surface area contributed by atoms with Crippen LogP contribution in [0.5, 0.6) is 5.75 Å². The first-order chi connectivity index (χ1) is 9.65. The minimum atomic E-state index is 0.110.